The molecule has 0 aliphatic carbocycles. The molecule has 0 saturated heterocycles. The first kappa shape index (κ1) is 14.0. The summed E-state index contributed by atoms with van der Waals surface area (Å²) < 4.78 is 3.76. The minimum absolute atomic E-state index is 0.0535. The van der Waals surface area contributed by atoms with Crippen molar-refractivity contribution in [2.75, 3.05) is 0 Å². The molecule has 0 atom stereocenters. The molecule has 0 unspecified atom stereocenters. The Morgan fingerprint density at radius 1 is 0.800 bits per heavy atom. The van der Waals surface area contributed by atoms with Gasteiger partial charge >= 0.3 is 0 Å². The number of hydrogen-bond acceptors (Lipinski definition) is 2. The van der Waals surface area contributed by atoms with Gasteiger partial charge in [0.05, 0.1) is 27.6 Å². The molecule has 5 rings (SSSR count). The second kappa shape index (κ2) is 5.05. The Hall–Kier alpha value is -3.40. The summed E-state index contributed by atoms with van der Waals surface area (Å²) in [5, 5.41) is 0.679. The van der Waals surface area contributed by atoms with Gasteiger partial charge in [-0.1, -0.05) is 42.0 Å². The fourth-order valence-corrected chi connectivity index (χ4v) is 3.39. The van der Waals surface area contributed by atoms with Crippen molar-refractivity contribution in [1.82, 2.24) is 14.0 Å². The van der Waals surface area contributed by atoms with Crippen LogP contribution in [0.3, 0.4) is 0 Å². The van der Waals surface area contributed by atoms with Gasteiger partial charge in [0.25, 0.3) is 5.56 Å². The van der Waals surface area contributed by atoms with Gasteiger partial charge in [-0.25, -0.2) is 9.55 Å². The lowest BCUT2D eigenvalue weighted by molar-refractivity contribution is 0.982. The van der Waals surface area contributed by atoms with Crippen molar-refractivity contribution >= 4 is 27.7 Å². The maximum atomic E-state index is 13.2. The van der Waals surface area contributed by atoms with E-state index in [-0.39, 0.29) is 5.56 Å². The quantitative estimate of drug-likeness (QED) is 0.465. The summed E-state index contributed by atoms with van der Waals surface area (Å²) in [5.41, 5.74) is 4.67. The zero-order valence-electron chi connectivity index (χ0n) is 13.7. The first-order valence-electron chi connectivity index (χ1n) is 8.22. The van der Waals surface area contributed by atoms with Crippen molar-refractivity contribution in [3.63, 3.8) is 0 Å². The summed E-state index contributed by atoms with van der Waals surface area (Å²) in [5.74, 6) is 0.633. The molecular formula is C21H15N3O. The van der Waals surface area contributed by atoms with Gasteiger partial charge in [0.1, 0.15) is 0 Å². The third-order valence-electron chi connectivity index (χ3n) is 4.61. The second-order valence-electron chi connectivity index (χ2n) is 6.23. The van der Waals surface area contributed by atoms with Crippen molar-refractivity contribution in [1.29, 1.82) is 0 Å². The van der Waals surface area contributed by atoms with Crippen molar-refractivity contribution < 1.29 is 0 Å². The van der Waals surface area contributed by atoms with Crippen LogP contribution in [0.5, 0.6) is 0 Å². The highest BCUT2D eigenvalue weighted by Crippen LogP contribution is 2.23. The zero-order chi connectivity index (χ0) is 17.0. The molecule has 0 amide bonds. The van der Waals surface area contributed by atoms with Crippen molar-refractivity contribution in [3.05, 3.63) is 88.7 Å². The van der Waals surface area contributed by atoms with E-state index in [1.54, 1.807) is 4.57 Å². The van der Waals surface area contributed by atoms with Crippen LogP contribution < -0.4 is 5.56 Å². The van der Waals surface area contributed by atoms with E-state index >= 15 is 0 Å². The molecule has 0 fully saturated rings. The van der Waals surface area contributed by atoms with Crippen LogP contribution in [0.15, 0.2) is 77.6 Å². The topological polar surface area (TPSA) is 39.3 Å². The Balaban J connectivity index is 2.07. The molecule has 0 aliphatic rings. The van der Waals surface area contributed by atoms with Crippen LogP contribution in [0.4, 0.5) is 0 Å². The monoisotopic (exact) mass is 325 g/mol. The van der Waals surface area contributed by atoms with Crippen LogP contribution in [0.2, 0.25) is 0 Å². The fourth-order valence-electron chi connectivity index (χ4n) is 3.39. The number of hydrogen-bond donors (Lipinski definition) is 0. The van der Waals surface area contributed by atoms with Gasteiger partial charge < -0.3 is 0 Å². The number of aryl methyl sites for hydroxylation is 1. The predicted octanol–water partition coefficient (Wildman–Crippen LogP) is 4.10. The van der Waals surface area contributed by atoms with Crippen LogP contribution in [0.1, 0.15) is 5.56 Å². The summed E-state index contributed by atoms with van der Waals surface area (Å²) in [4.78, 5) is 18.0. The lowest BCUT2D eigenvalue weighted by atomic mass is 10.2. The lowest BCUT2D eigenvalue weighted by Gasteiger charge is -2.11. The SMILES string of the molecule is Cc1ccc(-n2c(=O)c3ccccc3n3c4ccccc4nc23)cc1. The molecule has 0 aliphatic heterocycles. The Bertz CT molecular complexity index is 1310. The Labute approximate surface area is 143 Å². The lowest BCUT2D eigenvalue weighted by Crippen LogP contribution is -2.21. The molecule has 2 heterocycles. The summed E-state index contributed by atoms with van der Waals surface area (Å²) in [7, 11) is 0. The normalized spacial score (nSPS) is 11.6. The van der Waals surface area contributed by atoms with E-state index < -0.39 is 0 Å². The third kappa shape index (κ3) is 1.94. The van der Waals surface area contributed by atoms with E-state index in [1.807, 2.05) is 79.7 Å². The van der Waals surface area contributed by atoms with Crippen LogP contribution in [-0.4, -0.2) is 14.0 Å². The molecule has 0 radical (unpaired) electrons. The number of aromatic nitrogens is 3. The Morgan fingerprint density at radius 3 is 2.28 bits per heavy atom. The molecule has 120 valence electrons. The van der Waals surface area contributed by atoms with Gasteiger partial charge in [0, 0.05) is 0 Å². The van der Waals surface area contributed by atoms with E-state index in [2.05, 4.69) is 4.40 Å². The fraction of sp³-hybridized carbons (Fsp3) is 0.0476. The number of nitrogens with zero attached hydrogens (tertiary/aromatic N) is 3. The van der Waals surface area contributed by atoms with Crippen LogP contribution in [-0.2, 0) is 0 Å². The molecule has 3 aromatic carbocycles. The molecule has 0 bridgehead atoms. The minimum atomic E-state index is -0.0535. The number of benzene rings is 3. The van der Waals surface area contributed by atoms with Gasteiger partial charge in [-0.2, -0.15) is 0 Å². The van der Waals surface area contributed by atoms with E-state index in [4.69, 9.17) is 4.98 Å². The molecule has 2 aromatic heterocycles. The average Bonchev–Trinajstić information content (AvgIpc) is 3.02. The van der Waals surface area contributed by atoms with E-state index in [0.717, 1.165) is 27.8 Å². The molecule has 0 N–H and O–H groups in total. The average molecular weight is 325 g/mol. The molecular weight excluding hydrogens is 310 g/mol. The van der Waals surface area contributed by atoms with E-state index in [1.165, 1.54) is 0 Å². The highest BCUT2D eigenvalue weighted by atomic mass is 16.1. The first-order chi connectivity index (χ1) is 12.2. The van der Waals surface area contributed by atoms with Crippen molar-refractivity contribution in [3.8, 4) is 5.69 Å². The van der Waals surface area contributed by atoms with Crippen LogP contribution in [0, 0.1) is 6.92 Å². The van der Waals surface area contributed by atoms with Gasteiger partial charge in [0.2, 0.25) is 5.78 Å². The first-order valence-corrected chi connectivity index (χ1v) is 8.22. The molecule has 0 saturated carbocycles. The largest absolute Gasteiger partial charge is 0.277 e. The smallest absolute Gasteiger partial charge is 0.267 e. The van der Waals surface area contributed by atoms with Gasteiger partial charge in [0.15, 0.2) is 0 Å². The summed E-state index contributed by atoms with van der Waals surface area (Å²) in [6.07, 6.45) is 0. The highest BCUT2D eigenvalue weighted by Gasteiger charge is 2.16. The Morgan fingerprint density at radius 2 is 1.48 bits per heavy atom. The molecule has 4 nitrogen and oxygen atoms in total. The maximum absolute atomic E-state index is 13.2. The van der Waals surface area contributed by atoms with Crippen molar-refractivity contribution in [2.24, 2.45) is 0 Å². The van der Waals surface area contributed by atoms with Crippen molar-refractivity contribution in [2.45, 2.75) is 6.92 Å². The van der Waals surface area contributed by atoms with Gasteiger partial charge in [-0.3, -0.25) is 9.20 Å². The highest BCUT2D eigenvalue weighted by molar-refractivity contribution is 5.89. The predicted molar refractivity (Wildman–Crippen MR) is 101 cm³/mol. The summed E-state index contributed by atoms with van der Waals surface area (Å²) in [6, 6.07) is 23.6. The zero-order valence-corrected chi connectivity index (χ0v) is 13.7. The summed E-state index contributed by atoms with van der Waals surface area (Å²) >= 11 is 0. The number of para-hydroxylation sites is 3. The molecule has 4 heteroatoms. The van der Waals surface area contributed by atoms with E-state index in [9.17, 15) is 4.79 Å². The summed E-state index contributed by atoms with van der Waals surface area (Å²) in [6.45, 7) is 2.03. The third-order valence-corrected chi connectivity index (χ3v) is 4.61. The number of imidazole rings is 1. The van der Waals surface area contributed by atoms with E-state index in [0.29, 0.717) is 11.2 Å². The second-order valence-corrected chi connectivity index (χ2v) is 6.23. The van der Waals surface area contributed by atoms with Gasteiger partial charge in [-0.05, 0) is 43.3 Å². The van der Waals surface area contributed by atoms with Crippen LogP contribution >= 0.6 is 0 Å². The van der Waals surface area contributed by atoms with Gasteiger partial charge in [-0.15, -0.1) is 0 Å². The Kier molecular flexibility index (Phi) is 2.82. The standard InChI is InChI=1S/C21H15N3O/c1-14-10-12-15(13-11-14)23-20(25)16-6-2-4-8-18(16)24-19-9-5-3-7-17(19)22-21(23)24/h2-13H,1H3. The minimum Gasteiger partial charge on any atom is -0.277 e. The number of fused-ring (bicyclic) bond motifs is 5. The molecule has 25 heavy (non-hydrogen) atoms. The van der Waals surface area contributed by atoms with Crippen LogP contribution in [0.25, 0.3) is 33.4 Å². The molecule has 5 aromatic rings. The number of rotatable bonds is 1. The molecule has 0 spiro atoms. The maximum Gasteiger partial charge on any atom is 0.267 e.